The average Bonchev–Trinajstić information content (AvgIpc) is 3.41. The monoisotopic (exact) mass is 586 g/mol. The zero-order valence-electron chi connectivity index (χ0n) is 23.2. The summed E-state index contributed by atoms with van der Waals surface area (Å²) in [5.41, 5.74) is 2.07. The average molecular weight is 587 g/mol. The summed E-state index contributed by atoms with van der Waals surface area (Å²) < 4.78 is 52.0. The molecule has 5 aromatic rings. The SMILES string of the molecule is COc1cccc(-c2c(C)c(Cc3c(F)cccc3F)c3n(c2=O)C(CNCc2ccc4ccccc4c2)CS3)c1F. The molecule has 1 N–H and O–H groups in total. The van der Waals surface area contributed by atoms with Crippen molar-refractivity contribution in [2.75, 3.05) is 19.4 Å². The molecular weight excluding hydrogens is 557 g/mol. The van der Waals surface area contributed by atoms with Gasteiger partial charge in [0.2, 0.25) is 0 Å². The molecule has 0 amide bonds. The van der Waals surface area contributed by atoms with Gasteiger partial charge in [-0.2, -0.15) is 0 Å². The van der Waals surface area contributed by atoms with Gasteiger partial charge in [-0.15, -0.1) is 11.8 Å². The van der Waals surface area contributed by atoms with Crippen LogP contribution in [-0.4, -0.2) is 24.0 Å². The molecule has 0 saturated heterocycles. The second kappa shape index (κ2) is 11.7. The molecule has 4 aromatic carbocycles. The van der Waals surface area contributed by atoms with E-state index in [1.165, 1.54) is 54.6 Å². The fourth-order valence-electron chi connectivity index (χ4n) is 5.71. The number of rotatable bonds is 8. The summed E-state index contributed by atoms with van der Waals surface area (Å²) in [5.74, 6) is -1.37. The van der Waals surface area contributed by atoms with Gasteiger partial charge in [0.15, 0.2) is 11.6 Å². The summed E-state index contributed by atoms with van der Waals surface area (Å²) in [5, 5.41) is 6.46. The summed E-state index contributed by atoms with van der Waals surface area (Å²) in [6.45, 7) is 2.81. The third-order valence-electron chi connectivity index (χ3n) is 7.91. The Bertz CT molecular complexity index is 1850. The molecule has 1 unspecified atom stereocenters. The van der Waals surface area contributed by atoms with E-state index >= 15 is 4.39 Å². The third kappa shape index (κ3) is 5.10. The first-order chi connectivity index (χ1) is 20.4. The van der Waals surface area contributed by atoms with Gasteiger partial charge in [-0.1, -0.05) is 54.6 Å². The minimum absolute atomic E-state index is 0.0153. The molecule has 4 nitrogen and oxygen atoms in total. The smallest absolute Gasteiger partial charge is 0.260 e. The summed E-state index contributed by atoms with van der Waals surface area (Å²) in [4.78, 5) is 14.1. The number of benzene rings is 4. The summed E-state index contributed by atoms with van der Waals surface area (Å²) in [7, 11) is 1.37. The lowest BCUT2D eigenvalue weighted by Crippen LogP contribution is -2.33. The molecule has 8 heteroatoms. The Morgan fingerprint density at radius 1 is 0.929 bits per heavy atom. The number of hydrogen-bond acceptors (Lipinski definition) is 4. The molecule has 0 radical (unpaired) electrons. The van der Waals surface area contributed by atoms with Crippen molar-refractivity contribution >= 4 is 22.5 Å². The van der Waals surface area contributed by atoms with Gasteiger partial charge in [0.25, 0.3) is 5.56 Å². The maximum absolute atomic E-state index is 15.5. The zero-order valence-corrected chi connectivity index (χ0v) is 24.0. The lowest BCUT2D eigenvalue weighted by atomic mass is 9.94. The fourth-order valence-corrected chi connectivity index (χ4v) is 7.10. The molecular formula is C34H29F3N2O2S. The van der Waals surface area contributed by atoms with Crippen molar-refractivity contribution in [1.82, 2.24) is 9.88 Å². The van der Waals surface area contributed by atoms with Gasteiger partial charge in [-0.25, -0.2) is 13.2 Å². The van der Waals surface area contributed by atoms with E-state index in [0.717, 1.165) is 10.9 Å². The van der Waals surface area contributed by atoms with Crippen LogP contribution in [0, 0.1) is 24.4 Å². The second-order valence-corrected chi connectivity index (χ2v) is 11.4. The quantitative estimate of drug-likeness (QED) is 0.205. The van der Waals surface area contributed by atoms with Crippen LogP contribution in [0.3, 0.4) is 0 Å². The number of pyridine rings is 1. The highest BCUT2D eigenvalue weighted by Crippen LogP contribution is 2.40. The maximum Gasteiger partial charge on any atom is 0.260 e. The molecule has 0 fully saturated rings. The molecule has 2 heterocycles. The Hall–Kier alpha value is -4.01. The van der Waals surface area contributed by atoms with E-state index in [2.05, 4.69) is 35.6 Å². The van der Waals surface area contributed by atoms with Gasteiger partial charge in [0.1, 0.15) is 11.6 Å². The van der Waals surface area contributed by atoms with Gasteiger partial charge < -0.3 is 10.1 Å². The van der Waals surface area contributed by atoms with Crippen molar-refractivity contribution < 1.29 is 17.9 Å². The van der Waals surface area contributed by atoms with Gasteiger partial charge in [0, 0.05) is 36.4 Å². The molecule has 1 aliphatic rings. The van der Waals surface area contributed by atoms with Crippen LogP contribution in [-0.2, 0) is 13.0 Å². The molecule has 1 aliphatic heterocycles. The van der Waals surface area contributed by atoms with Crippen LogP contribution in [0.25, 0.3) is 21.9 Å². The van der Waals surface area contributed by atoms with Gasteiger partial charge >= 0.3 is 0 Å². The number of ether oxygens (including phenoxy) is 1. The molecule has 42 heavy (non-hydrogen) atoms. The van der Waals surface area contributed by atoms with Crippen LogP contribution in [0.5, 0.6) is 5.75 Å². The summed E-state index contributed by atoms with van der Waals surface area (Å²) in [6, 6.07) is 22.6. The Labute approximate surface area is 246 Å². The van der Waals surface area contributed by atoms with Crippen molar-refractivity contribution in [1.29, 1.82) is 0 Å². The second-order valence-electron chi connectivity index (χ2n) is 10.4. The summed E-state index contributed by atoms with van der Waals surface area (Å²) in [6.07, 6.45) is -0.0667. The third-order valence-corrected chi connectivity index (χ3v) is 9.17. The van der Waals surface area contributed by atoms with E-state index in [1.807, 2.05) is 12.1 Å². The minimum atomic E-state index is -0.662. The van der Waals surface area contributed by atoms with Gasteiger partial charge in [-0.3, -0.25) is 9.36 Å². The van der Waals surface area contributed by atoms with Crippen molar-refractivity contribution in [3.05, 3.63) is 129 Å². The van der Waals surface area contributed by atoms with Crippen LogP contribution in [0.15, 0.2) is 88.7 Å². The lowest BCUT2D eigenvalue weighted by Gasteiger charge is -2.21. The molecule has 6 rings (SSSR count). The minimum Gasteiger partial charge on any atom is -0.494 e. The first kappa shape index (κ1) is 28.1. The van der Waals surface area contributed by atoms with Gasteiger partial charge in [0.05, 0.1) is 23.7 Å². The van der Waals surface area contributed by atoms with Crippen LogP contribution in [0.2, 0.25) is 0 Å². The molecule has 0 bridgehead atoms. The number of fused-ring (bicyclic) bond motifs is 2. The number of nitrogens with one attached hydrogen (secondary N) is 1. The van der Waals surface area contributed by atoms with Gasteiger partial charge in [-0.05, 0) is 58.7 Å². The number of thioether (sulfide) groups is 1. The van der Waals surface area contributed by atoms with Crippen LogP contribution >= 0.6 is 11.8 Å². The Balaban J connectivity index is 1.40. The molecule has 214 valence electrons. The summed E-state index contributed by atoms with van der Waals surface area (Å²) >= 11 is 1.49. The van der Waals surface area contributed by atoms with Crippen molar-refractivity contribution in [3.63, 3.8) is 0 Å². The van der Waals surface area contributed by atoms with Crippen LogP contribution in [0.1, 0.15) is 28.3 Å². The van der Waals surface area contributed by atoms with E-state index in [0.29, 0.717) is 35.0 Å². The maximum atomic E-state index is 15.5. The Morgan fingerprint density at radius 2 is 1.67 bits per heavy atom. The lowest BCUT2D eigenvalue weighted by molar-refractivity contribution is 0.387. The van der Waals surface area contributed by atoms with E-state index in [1.54, 1.807) is 17.6 Å². The fraction of sp³-hybridized carbons (Fsp3) is 0.206. The Morgan fingerprint density at radius 3 is 2.43 bits per heavy atom. The predicted molar refractivity (Wildman–Crippen MR) is 162 cm³/mol. The van der Waals surface area contributed by atoms with E-state index < -0.39 is 17.5 Å². The number of methoxy groups -OCH3 is 1. The molecule has 0 saturated carbocycles. The molecule has 0 aliphatic carbocycles. The predicted octanol–water partition coefficient (Wildman–Crippen LogP) is 7.43. The Kier molecular flexibility index (Phi) is 7.84. The largest absolute Gasteiger partial charge is 0.494 e. The topological polar surface area (TPSA) is 43.3 Å². The highest BCUT2D eigenvalue weighted by atomic mass is 32.2. The number of hydrogen-bond donors (Lipinski definition) is 1. The van der Waals surface area contributed by atoms with E-state index in [9.17, 15) is 13.6 Å². The zero-order chi connectivity index (χ0) is 29.4. The van der Waals surface area contributed by atoms with Crippen LogP contribution < -0.4 is 15.6 Å². The van der Waals surface area contributed by atoms with Crippen LogP contribution in [0.4, 0.5) is 13.2 Å². The van der Waals surface area contributed by atoms with E-state index in [4.69, 9.17) is 4.74 Å². The van der Waals surface area contributed by atoms with Crippen molar-refractivity contribution in [2.45, 2.75) is 31.0 Å². The molecule has 0 spiro atoms. The highest BCUT2D eigenvalue weighted by Gasteiger charge is 2.32. The number of nitrogens with zero attached hydrogens (tertiary/aromatic N) is 1. The first-order valence-electron chi connectivity index (χ1n) is 13.7. The normalized spacial score (nSPS) is 14.4. The molecule has 1 aromatic heterocycles. The highest BCUT2D eigenvalue weighted by molar-refractivity contribution is 7.99. The number of halogens is 3. The molecule has 1 atom stereocenters. The standard InChI is InChI=1S/C34H29F3N2O2S/c1-20-26(16-27-28(35)10-6-11-29(27)36)34-39(33(40)31(20)25-9-5-12-30(41-2)32(25)37)24(19-42-34)18-38-17-21-13-14-22-7-3-4-8-23(22)15-21/h3-15,24,38H,16-19H2,1-2H3. The van der Waals surface area contributed by atoms with Crippen molar-refractivity contribution in [2.24, 2.45) is 0 Å². The number of aromatic nitrogens is 1. The first-order valence-corrected chi connectivity index (χ1v) is 14.7. The van der Waals surface area contributed by atoms with E-state index in [-0.39, 0.29) is 40.5 Å². The van der Waals surface area contributed by atoms with Crippen molar-refractivity contribution in [3.8, 4) is 16.9 Å².